The minimum atomic E-state index is 0.0723. The van der Waals surface area contributed by atoms with Gasteiger partial charge in [0, 0.05) is 11.9 Å². The number of aromatic nitrogens is 3. The van der Waals surface area contributed by atoms with E-state index in [0.29, 0.717) is 5.82 Å². The number of nitrogens with zero attached hydrogens (tertiary/aromatic N) is 2. The number of carbonyl (C=O) groups is 1. The van der Waals surface area contributed by atoms with E-state index in [4.69, 9.17) is 0 Å². The van der Waals surface area contributed by atoms with Gasteiger partial charge in [0.15, 0.2) is 0 Å². The Morgan fingerprint density at radius 3 is 2.88 bits per heavy atom. The van der Waals surface area contributed by atoms with Crippen LogP contribution in [0, 0.1) is 6.92 Å². The van der Waals surface area contributed by atoms with Gasteiger partial charge in [0.05, 0.1) is 17.8 Å². The van der Waals surface area contributed by atoms with Crippen LogP contribution < -0.4 is 0 Å². The van der Waals surface area contributed by atoms with Crippen molar-refractivity contribution in [1.29, 1.82) is 0 Å². The molecule has 0 atom stereocenters. The zero-order chi connectivity index (χ0) is 11.5. The maximum Gasteiger partial charge on any atom is 0.137 e. The van der Waals surface area contributed by atoms with Crippen LogP contribution in [0.3, 0.4) is 0 Å². The van der Waals surface area contributed by atoms with Crippen molar-refractivity contribution in [3.63, 3.8) is 0 Å². The first-order chi connectivity index (χ1) is 7.65. The molecule has 0 radical (unpaired) electrons. The summed E-state index contributed by atoms with van der Waals surface area (Å²) in [6, 6.07) is 5.76. The highest BCUT2D eigenvalue weighted by atomic mass is 16.1. The highest BCUT2D eigenvalue weighted by Crippen LogP contribution is 2.15. The van der Waals surface area contributed by atoms with Gasteiger partial charge in [-0.3, -0.25) is 4.79 Å². The van der Waals surface area contributed by atoms with E-state index in [9.17, 15) is 4.79 Å². The topological polar surface area (TPSA) is 58.6 Å². The van der Waals surface area contributed by atoms with Crippen molar-refractivity contribution in [2.24, 2.45) is 0 Å². The van der Waals surface area contributed by atoms with Crippen molar-refractivity contribution < 1.29 is 4.79 Å². The number of ketones is 1. The SMILES string of the molecule is CC(=O)Cc1nc(C)cc(-c2ccc[nH]2)n1. The lowest BCUT2D eigenvalue weighted by atomic mass is 10.2. The van der Waals surface area contributed by atoms with Crippen LogP contribution in [-0.4, -0.2) is 20.7 Å². The number of aromatic amines is 1. The zero-order valence-electron chi connectivity index (χ0n) is 9.32. The Labute approximate surface area is 93.8 Å². The predicted molar refractivity (Wildman–Crippen MR) is 60.9 cm³/mol. The lowest BCUT2D eigenvalue weighted by molar-refractivity contribution is -0.116. The molecule has 2 aromatic heterocycles. The summed E-state index contributed by atoms with van der Waals surface area (Å²) in [5, 5.41) is 0. The van der Waals surface area contributed by atoms with E-state index in [-0.39, 0.29) is 12.2 Å². The fourth-order valence-electron chi connectivity index (χ4n) is 1.56. The number of aryl methyl sites for hydroxylation is 1. The Bertz CT molecular complexity index is 503. The Balaban J connectivity index is 2.40. The molecule has 2 aromatic rings. The van der Waals surface area contributed by atoms with Gasteiger partial charge in [-0.25, -0.2) is 9.97 Å². The van der Waals surface area contributed by atoms with Crippen molar-refractivity contribution in [3.05, 3.63) is 35.9 Å². The van der Waals surface area contributed by atoms with E-state index in [0.717, 1.165) is 17.1 Å². The summed E-state index contributed by atoms with van der Waals surface area (Å²) in [6.07, 6.45) is 2.13. The molecule has 0 amide bonds. The molecule has 0 saturated heterocycles. The first kappa shape index (κ1) is 10.5. The minimum Gasteiger partial charge on any atom is -0.360 e. The Kier molecular flexibility index (Phi) is 2.81. The van der Waals surface area contributed by atoms with Gasteiger partial charge in [0.1, 0.15) is 11.6 Å². The molecule has 1 N–H and O–H groups in total. The summed E-state index contributed by atoms with van der Waals surface area (Å²) in [4.78, 5) is 22.7. The molecule has 2 rings (SSSR count). The van der Waals surface area contributed by atoms with E-state index >= 15 is 0 Å². The molecule has 0 fully saturated rings. The van der Waals surface area contributed by atoms with Crippen molar-refractivity contribution in [2.75, 3.05) is 0 Å². The van der Waals surface area contributed by atoms with Gasteiger partial charge in [-0.2, -0.15) is 0 Å². The summed E-state index contributed by atoms with van der Waals surface area (Å²) in [5.41, 5.74) is 2.64. The normalized spacial score (nSPS) is 10.4. The van der Waals surface area contributed by atoms with Crippen LogP contribution in [0.5, 0.6) is 0 Å². The molecule has 2 heterocycles. The number of rotatable bonds is 3. The van der Waals surface area contributed by atoms with Gasteiger partial charge in [-0.15, -0.1) is 0 Å². The largest absolute Gasteiger partial charge is 0.360 e. The molecule has 0 aliphatic rings. The molecule has 0 spiro atoms. The molecule has 0 aliphatic heterocycles. The second-order valence-electron chi connectivity index (χ2n) is 3.77. The number of nitrogens with one attached hydrogen (secondary N) is 1. The molecular formula is C12H13N3O. The third kappa shape index (κ3) is 2.34. The molecule has 0 aliphatic carbocycles. The zero-order valence-corrected chi connectivity index (χ0v) is 9.32. The summed E-state index contributed by atoms with van der Waals surface area (Å²) in [5.74, 6) is 0.653. The fraction of sp³-hybridized carbons (Fsp3) is 0.250. The molecule has 0 aromatic carbocycles. The number of hydrogen-bond acceptors (Lipinski definition) is 3. The average Bonchev–Trinajstić information content (AvgIpc) is 2.67. The van der Waals surface area contributed by atoms with Crippen molar-refractivity contribution >= 4 is 5.78 Å². The number of carbonyl (C=O) groups excluding carboxylic acids is 1. The minimum absolute atomic E-state index is 0.0723. The van der Waals surface area contributed by atoms with Crippen molar-refractivity contribution in [2.45, 2.75) is 20.3 Å². The fourth-order valence-corrected chi connectivity index (χ4v) is 1.56. The third-order valence-electron chi connectivity index (χ3n) is 2.18. The van der Waals surface area contributed by atoms with E-state index in [1.807, 2.05) is 31.3 Å². The molecule has 0 saturated carbocycles. The molecule has 82 valence electrons. The van der Waals surface area contributed by atoms with Crippen LogP contribution in [0.25, 0.3) is 11.4 Å². The summed E-state index contributed by atoms with van der Waals surface area (Å²) in [6.45, 7) is 3.44. The van der Waals surface area contributed by atoms with Gasteiger partial charge < -0.3 is 4.98 Å². The van der Waals surface area contributed by atoms with Gasteiger partial charge in [-0.1, -0.05) is 0 Å². The first-order valence-electron chi connectivity index (χ1n) is 5.13. The van der Waals surface area contributed by atoms with Gasteiger partial charge in [0.2, 0.25) is 0 Å². The smallest absolute Gasteiger partial charge is 0.137 e. The van der Waals surface area contributed by atoms with Crippen molar-refractivity contribution in [3.8, 4) is 11.4 Å². The van der Waals surface area contributed by atoms with Gasteiger partial charge in [0.25, 0.3) is 0 Å². The molecule has 4 heteroatoms. The summed E-state index contributed by atoms with van der Waals surface area (Å²) in [7, 11) is 0. The van der Waals surface area contributed by atoms with Crippen LogP contribution in [0.2, 0.25) is 0 Å². The molecule has 0 unspecified atom stereocenters. The average molecular weight is 215 g/mol. The van der Waals surface area contributed by atoms with E-state index in [1.165, 1.54) is 0 Å². The van der Waals surface area contributed by atoms with Crippen LogP contribution in [0.15, 0.2) is 24.4 Å². The summed E-state index contributed by atoms with van der Waals surface area (Å²) < 4.78 is 0. The maximum atomic E-state index is 11.0. The number of Topliss-reactive ketones (excluding diaryl/α,β-unsaturated/α-hetero) is 1. The second kappa shape index (κ2) is 4.26. The molecule has 0 bridgehead atoms. The van der Waals surface area contributed by atoms with Crippen LogP contribution in [-0.2, 0) is 11.2 Å². The molecule has 16 heavy (non-hydrogen) atoms. The Hall–Kier alpha value is -1.97. The number of hydrogen-bond donors (Lipinski definition) is 1. The molecule has 4 nitrogen and oxygen atoms in total. The highest BCUT2D eigenvalue weighted by molar-refractivity contribution is 5.77. The third-order valence-corrected chi connectivity index (χ3v) is 2.18. The standard InChI is InChI=1S/C12H13N3O/c1-8-6-11(10-4-3-5-13-10)15-12(14-8)7-9(2)16/h3-6,13H,7H2,1-2H3. The summed E-state index contributed by atoms with van der Waals surface area (Å²) >= 11 is 0. The first-order valence-corrected chi connectivity index (χ1v) is 5.13. The predicted octanol–water partition coefficient (Wildman–Crippen LogP) is 1.91. The lowest BCUT2D eigenvalue weighted by Crippen LogP contribution is -2.04. The van der Waals surface area contributed by atoms with Crippen LogP contribution >= 0.6 is 0 Å². The van der Waals surface area contributed by atoms with Crippen molar-refractivity contribution in [1.82, 2.24) is 15.0 Å². The second-order valence-corrected chi connectivity index (χ2v) is 3.77. The van der Waals surface area contributed by atoms with Crippen LogP contribution in [0.1, 0.15) is 18.4 Å². The maximum absolute atomic E-state index is 11.0. The van der Waals surface area contributed by atoms with Crippen LogP contribution in [0.4, 0.5) is 0 Å². The van der Waals surface area contributed by atoms with Gasteiger partial charge in [-0.05, 0) is 32.0 Å². The van der Waals surface area contributed by atoms with E-state index in [2.05, 4.69) is 15.0 Å². The lowest BCUT2D eigenvalue weighted by Gasteiger charge is -2.03. The number of H-pyrrole nitrogens is 1. The molecular weight excluding hydrogens is 202 g/mol. The van der Waals surface area contributed by atoms with E-state index in [1.54, 1.807) is 6.92 Å². The quantitative estimate of drug-likeness (QED) is 0.850. The monoisotopic (exact) mass is 215 g/mol. The highest BCUT2D eigenvalue weighted by Gasteiger charge is 2.06. The van der Waals surface area contributed by atoms with E-state index < -0.39 is 0 Å². The van der Waals surface area contributed by atoms with Gasteiger partial charge >= 0.3 is 0 Å². The Morgan fingerprint density at radius 2 is 2.25 bits per heavy atom. The Morgan fingerprint density at radius 1 is 1.44 bits per heavy atom.